The van der Waals surface area contributed by atoms with Gasteiger partial charge in [-0.05, 0) is 18.6 Å². The van der Waals surface area contributed by atoms with Crippen LogP contribution in [0.1, 0.15) is 21.5 Å². The van der Waals surface area contributed by atoms with Crippen molar-refractivity contribution in [3.8, 4) is 0 Å². The van der Waals surface area contributed by atoms with E-state index in [0.717, 1.165) is 10.9 Å². The van der Waals surface area contributed by atoms with E-state index in [2.05, 4.69) is 20.5 Å². The Kier molecular flexibility index (Phi) is 3.16. The van der Waals surface area contributed by atoms with E-state index >= 15 is 0 Å². The smallest absolute Gasteiger partial charge is 0.253 e. The number of aromatic amines is 1. The molecule has 5 heteroatoms. The van der Waals surface area contributed by atoms with Gasteiger partial charge < -0.3 is 5.32 Å². The first kappa shape index (κ1) is 12.3. The van der Waals surface area contributed by atoms with E-state index in [-0.39, 0.29) is 5.91 Å². The Morgan fingerprint density at radius 1 is 1.25 bits per heavy atom. The first-order valence-corrected chi connectivity index (χ1v) is 6.35. The standard InChI is InChI=1S/C15H14N4O/c1-10-2-4-11(5-3-10)7-17-15(20)13-6-12-9-18-19-14(12)16-8-13/h2-6,8-9H,7H2,1H3,(H,17,20)(H,16,18,19). The number of aromatic nitrogens is 3. The van der Waals surface area contributed by atoms with Crippen LogP contribution in [0.5, 0.6) is 0 Å². The van der Waals surface area contributed by atoms with Crippen molar-refractivity contribution in [2.75, 3.05) is 0 Å². The second kappa shape index (κ2) is 5.13. The number of fused-ring (bicyclic) bond motifs is 1. The molecule has 3 rings (SSSR count). The maximum absolute atomic E-state index is 12.1. The molecule has 2 heterocycles. The number of H-pyrrole nitrogens is 1. The number of nitrogens with zero attached hydrogens (tertiary/aromatic N) is 2. The van der Waals surface area contributed by atoms with Crippen molar-refractivity contribution < 1.29 is 4.79 Å². The van der Waals surface area contributed by atoms with Crippen molar-refractivity contribution in [1.82, 2.24) is 20.5 Å². The first-order chi connectivity index (χ1) is 9.72. The molecule has 3 aromatic rings. The van der Waals surface area contributed by atoms with Crippen molar-refractivity contribution >= 4 is 16.9 Å². The quantitative estimate of drug-likeness (QED) is 0.763. The zero-order valence-electron chi connectivity index (χ0n) is 11.1. The lowest BCUT2D eigenvalue weighted by atomic mass is 10.1. The summed E-state index contributed by atoms with van der Waals surface area (Å²) in [6.07, 6.45) is 3.20. The SMILES string of the molecule is Cc1ccc(CNC(=O)c2cnc3[nH]ncc3c2)cc1. The molecule has 0 spiro atoms. The van der Waals surface area contributed by atoms with Crippen LogP contribution >= 0.6 is 0 Å². The van der Waals surface area contributed by atoms with Crippen LogP contribution in [-0.4, -0.2) is 21.1 Å². The highest BCUT2D eigenvalue weighted by Crippen LogP contribution is 2.10. The number of amides is 1. The number of aryl methyl sites for hydroxylation is 1. The third-order valence-electron chi connectivity index (χ3n) is 3.13. The van der Waals surface area contributed by atoms with E-state index in [9.17, 15) is 4.79 Å². The van der Waals surface area contributed by atoms with Crippen molar-refractivity contribution in [2.45, 2.75) is 13.5 Å². The second-order valence-electron chi connectivity index (χ2n) is 4.70. The average molecular weight is 266 g/mol. The molecule has 0 radical (unpaired) electrons. The van der Waals surface area contributed by atoms with E-state index in [1.54, 1.807) is 18.5 Å². The molecule has 0 bridgehead atoms. The predicted octanol–water partition coefficient (Wildman–Crippen LogP) is 2.20. The fraction of sp³-hybridized carbons (Fsp3) is 0.133. The number of hydrogen-bond donors (Lipinski definition) is 2. The van der Waals surface area contributed by atoms with Crippen LogP contribution in [0, 0.1) is 6.92 Å². The van der Waals surface area contributed by atoms with E-state index in [0.29, 0.717) is 17.8 Å². The molecule has 100 valence electrons. The van der Waals surface area contributed by atoms with Crippen LogP contribution in [0.2, 0.25) is 0 Å². The average Bonchev–Trinajstić information content (AvgIpc) is 2.93. The third-order valence-corrected chi connectivity index (χ3v) is 3.13. The van der Waals surface area contributed by atoms with Crippen LogP contribution in [0.3, 0.4) is 0 Å². The zero-order chi connectivity index (χ0) is 13.9. The number of nitrogens with one attached hydrogen (secondary N) is 2. The third kappa shape index (κ3) is 2.51. The summed E-state index contributed by atoms with van der Waals surface area (Å²) in [5, 5.41) is 10.3. The van der Waals surface area contributed by atoms with Gasteiger partial charge in [0.1, 0.15) is 0 Å². The van der Waals surface area contributed by atoms with E-state index in [1.807, 2.05) is 31.2 Å². The van der Waals surface area contributed by atoms with Gasteiger partial charge >= 0.3 is 0 Å². The highest BCUT2D eigenvalue weighted by molar-refractivity contribution is 5.96. The zero-order valence-corrected chi connectivity index (χ0v) is 11.1. The van der Waals surface area contributed by atoms with Crippen molar-refractivity contribution in [1.29, 1.82) is 0 Å². The maximum Gasteiger partial charge on any atom is 0.253 e. The van der Waals surface area contributed by atoms with Gasteiger partial charge in [-0.2, -0.15) is 5.10 Å². The van der Waals surface area contributed by atoms with Crippen molar-refractivity contribution in [3.63, 3.8) is 0 Å². The molecule has 0 aliphatic carbocycles. The number of pyridine rings is 1. The molecule has 1 amide bonds. The van der Waals surface area contributed by atoms with Crippen LogP contribution in [-0.2, 0) is 6.54 Å². The molecule has 0 saturated heterocycles. The summed E-state index contributed by atoms with van der Waals surface area (Å²) < 4.78 is 0. The molecule has 0 atom stereocenters. The van der Waals surface area contributed by atoms with Crippen LogP contribution in [0.25, 0.3) is 11.0 Å². The van der Waals surface area contributed by atoms with Crippen LogP contribution in [0.4, 0.5) is 0 Å². The number of benzene rings is 1. The van der Waals surface area contributed by atoms with Gasteiger partial charge in [-0.1, -0.05) is 29.8 Å². The number of carbonyl (C=O) groups is 1. The Morgan fingerprint density at radius 3 is 2.85 bits per heavy atom. The van der Waals surface area contributed by atoms with E-state index in [1.165, 1.54) is 5.56 Å². The lowest BCUT2D eigenvalue weighted by Crippen LogP contribution is -2.22. The molecule has 0 unspecified atom stereocenters. The largest absolute Gasteiger partial charge is 0.348 e. The summed E-state index contributed by atoms with van der Waals surface area (Å²) in [6, 6.07) is 9.84. The normalized spacial score (nSPS) is 10.7. The van der Waals surface area contributed by atoms with Gasteiger partial charge in [-0.15, -0.1) is 0 Å². The van der Waals surface area contributed by atoms with Gasteiger partial charge in [-0.25, -0.2) is 4.98 Å². The monoisotopic (exact) mass is 266 g/mol. The van der Waals surface area contributed by atoms with Gasteiger partial charge in [0.25, 0.3) is 5.91 Å². The Labute approximate surface area is 116 Å². The summed E-state index contributed by atoms with van der Waals surface area (Å²) in [4.78, 5) is 16.2. The Hall–Kier alpha value is -2.69. The van der Waals surface area contributed by atoms with Gasteiger partial charge in [0.2, 0.25) is 0 Å². The highest BCUT2D eigenvalue weighted by Gasteiger charge is 2.07. The minimum absolute atomic E-state index is 0.138. The van der Waals surface area contributed by atoms with Gasteiger partial charge in [-0.3, -0.25) is 9.89 Å². The number of rotatable bonds is 3. The Balaban J connectivity index is 1.70. The van der Waals surface area contributed by atoms with E-state index < -0.39 is 0 Å². The van der Waals surface area contributed by atoms with Gasteiger partial charge in [0.05, 0.1) is 11.8 Å². The summed E-state index contributed by atoms with van der Waals surface area (Å²) in [5.74, 6) is -0.138. The van der Waals surface area contributed by atoms with Crippen molar-refractivity contribution in [2.24, 2.45) is 0 Å². The summed E-state index contributed by atoms with van der Waals surface area (Å²) in [6.45, 7) is 2.54. The topological polar surface area (TPSA) is 70.7 Å². The summed E-state index contributed by atoms with van der Waals surface area (Å²) >= 11 is 0. The second-order valence-corrected chi connectivity index (χ2v) is 4.70. The molecule has 2 N–H and O–H groups in total. The number of carbonyl (C=O) groups excluding carboxylic acids is 1. The fourth-order valence-corrected chi connectivity index (χ4v) is 1.95. The minimum atomic E-state index is -0.138. The first-order valence-electron chi connectivity index (χ1n) is 6.35. The minimum Gasteiger partial charge on any atom is -0.348 e. The molecule has 1 aromatic carbocycles. The number of hydrogen-bond acceptors (Lipinski definition) is 3. The molecule has 0 saturated carbocycles. The molecule has 0 aliphatic heterocycles. The molecule has 2 aromatic heterocycles. The Bertz CT molecular complexity index is 746. The lowest BCUT2D eigenvalue weighted by molar-refractivity contribution is 0.0950. The van der Waals surface area contributed by atoms with E-state index in [4.69, 9.17) is 0 Å². The maximum atomic E-state index is 12.1. The van der Waals surface area contributed by atoms with Crippen molar-refractivity contribution in [3.05, 3.63) is 59.4 Å². The molecule has 5 nitrogen and oxygen atoms in total. The fourth-order valence-electron chi connectivity index (χ4n) is 1.95. The molecule has 0 fully saturated rings. The molecular weight excluding hydrogens is 252 g/mol. The lowest BCUT2D eigenvalue weighted by Gasteiger charge is -2.05. The summed E-state index contributed by atoms with van der Waals surface area (Å²) in [7, 11) is 0. The van der Waals surface area contributed by atoms with Gasteiger partial charge in [0, 0.05) is 18.1 Å². The summed E-state index contributed by atoms with van der Waals surface area (Å²) in [5.41, 5.74) is 3.49. The molecule has 20 heavy (non-hydrogen) atoms. The van der Waals surface area contributed by atoms with Crippen LogP contribution < -0.4 is 5.32 Å². The predicted molar refractivity (Wildman–Crippen MR) is 76.2 cm³/mol. The Morgan fingerprint density at radius 2 is 2.05 bits per heavy atom. The molecular formula is C15H14N4O. The molecule has 0 aliphatic rings. The van der Waals surface area contributed by atoms with Crippen LogP contribution in [0.15, 0.2) is 42.7 Å². The van der Waals surface area contributed by atoms with Gasteiger partial charge in [0.15, 0.2) is 5.65 Å². The highest BCUT2D eigenvalue weighted by atomic mass is 16.1.